The second kappa shape index (κ2) is 6.76. The minimum Gasteiger partial charge on any atom is -0.460 e. The molecular formula is C12H16O3. The molecule has 0 bridgehead atoms. The van der Waals surface area contributed by atoms with Crippen LogP contribution in [0.5, 0.6) is 0 Å². The molecule has 0 aromatic carbocycles. The monoisotopic (exact) mass is 208 g/mol. The molecule has 0 fully saturated rings. The van der Waals surface area contributed by atoms with E-state index in [1.165, 1.54) is 6.08 Å². The molecule has 0 N–H and O–H groups in total. The molecule has 0 radical (unpaired) electrons. The van der Waals surface area contributed by atoms with E-state index in [1.807, 2.05) is 19.9 Å². The fourth-order valence-electron chi connectivity index (χ4n) is 0.860. The van der Waals surface area contributed by atoms with E-state index in [1.54, 1.807) is 13.0 Å². The third kappa shape index (κ3) is 4.40. The molecule has 0 rings (SSSR count). The van der Waals surface area contributed by atoms with Crippen LogP contribution in [0.3, 0.4) is 0 Å². The molecule has 0 amide bonds. The minimum atomic E-state index is -0.840. The van der Waals surface area contributed by atoms with Crippen LogP contribution < -0.4 is 0 Å². The largest absolute Gasteiger partial charge is 0.460 e. The van der Waals surface area contributed by atoms with Gasteiger partial charge in [-0.3, -0.25) is 4.79 Å². The summed E-state index contributed by atoms with van der Waals surface area (Å²) in [7, 11) is 0. The summed E-state index contributed by atoms with van der Waals surface area (Å²) in [5.74, 6) is -1.50. The van der Waals surface area contributed by atoms with Crippen LogP contribution in [-0.2, 0) is 14.3 Å². The van der Waals surface area contributed by atoms with Gasteiger partial charge in [-0.25, -0.2) is 4.79 Å². The SMILES string of the molecule is C=CC(=CC(C)=CC)C(=O)C(=O)OCC. The Morgan fingerprint density at radius 1 is 1.40 bits per heavy atom. The van der Waals surface area contributed by atoms with Crippen molar-refractivity contribution in [2.75, 3.05) is 6.61 Å². The average molecular weight is 208 g/mol. The van der Waals surface area contributed by atoms with Crippen molar-refractivity contribution in [2.45, 2.75) is 20.8 Å². The first-order valence-corrected chi connectivity index (χ1v) is 4.75. The van der Waals surface area contributed by atoms with E-state index in [4.69, 9.17) is 0 Å². The molecule has 15 heavy (non-hydrogen) atoms. The third-order valence-electron chi connectivity index (χ3n) is 1.78. The van der Waals surface area contributed by atoms with Gasteiger partial charge in [-0.05, 0) is 26.8 Å². The lowest BCUT2D eigenvalue weighted by Gasteiger charge is -2.01. The van der Waals surface area contributed by atoms with Crippen LogP contribution in [0.4, 0.5) is 0 Å². The van der Waals surface area contributed by atoms with Gasteiger partial charge < -0.3 is 4.74 Å². The Kier molecular flexibility index (Phi) is 6.02. The van der Waals surface area contributed by atoms with Crippen molar-refractivity contribution in [1.82, 2.24) is 0 Å². The van der Waals surface area contributed by atoms with Gasteiger partial charge in [-0.1, -0.05) is 24.3 Å². The van der Waals surface area contributed by atoms with Crippen LogP contribution in [0, 0.1) is 0 Å². The highest BCUT2D eigenvalue weighted by atomic mass is 16.5. The third-order valence-corrected chi connectivity index (χ3v) is 1.78. The molecule has 82 valence electrons. The molecule has 3 nitrogen and oxygen atoms in total. The molecule has 0 saturated heterocycles. The average Bonchev–Trinajstić information content (AvgIpc) is 2.24. The smallest absolute Gasteiger partial charge is 0.379 e. The molecule has 0 atom stereocenters. The van der Waals surface area contributed by atoms with Gasteiger partial charge in [-0.2, -0.15) is 0 Å². The Labute approximate surface area is 90.1 Å². The molecular weight excluding hydrogens is 192 g/mol. The predicted molar refractivity (Wildman–Crippen MR) is 59.4 cm³/mol. The Hall–Kier alpha value is -1.64. The van der Waals surface area contributed by atoms with Gasteiger partial charge in [0, 0.05) is 5.57 Å². The van der Waals surface area contributed by atoms with Gasteiger partial charge in [0.2, 0.25) is 0 Å². The first-order valence-electron chi connectivity index (χ1n) is 4.75. The lowest BCUT2D eigenvalue weighted by Crippen LogP contribution is -2.18. The maximum absolute atomic E-state index is 11.5. The number of carbonyl (C=O) groups is 2. The molecule has 0 heterocycles. The molecule has 0 aromatic heterocycles. The Bertz CT molecular complexity index is 322. The number of esters is 1. The second-order valence-electron chi connectivity index (χ2n) is 2.89. The van der Waals surface area contributed by atoms with Gasteiger partial charge in [-0.15, -0.1) is 0 Å². The van der Waals surface area contributed by atoms with Crippen molar-refractivity contribution in [3.63, 3.8) is 0 Å². The van der Waals surface area contributed by atoms with Crippen molar-refractivity contribution in [2.24, 2.45) is 0 Å². The van der Waals surface area contributed by atoms with E-state index in [9.17, 15) is 9.59 Å². The minimum absolute atomic E-state index is 0.192. The highest BCUT2D eigenvalue weighted by Gasteiger charge is 2.17. The summed E-state index contributed by atoms with van der Waals surface area (Å²) >= 11 is 0. The molecule has 0 aliphatic carbocycles. The summed E-state index contributed by atoms with van der Waals surface area (Å²) in [5, 5.41) is 0. The maximum Gasteiger partial charge on any atom is 0.379 e. The zero-order chi connectivity index (χ0) is 11.8. The van der Waals surface area contributed by atoms with Gasteiger partial charge >= 0.3 is 5.97 Å². The number of carbonyl (C=O) groups excluding carboxylic acids is 2. The van der Waals surface area contributed by atoms with Crippen LogP contribution in [0.2, 0.25) is 0 Å². The lowest BCUT2D eigenvalue weighted by molar-refractivity contribution is -0.151. The van der Waals surface area contributed by atoms with E-state index >= 15 is 0 Å². The number of hydrogen-bond donors (Lipinski definition) is 0. The number of hydrogen-bond acceptors (Lipinski definition) is 3. The van der Waals surface area contributed by atoms with Crippen molar-refractivity contribution in [1.29, 1.82) is 0 Å². The number of Topliss-reactive ketones (excluding diaryl/α,β-unsaturated/α-hetero) is 1. The fraction of sp³-hybridized carbons (Fsp3) is 0.333. The predicted octanol–water partition coefficient (Wildman–Crippen LogP) is 2.20. The van der Waals surface area contributed by atoms with Gasteiger partial charge in [0.15, 0.2) is 0 Å². The zero-order valence-corrected chi connectivity index (χ0v) is 9.37. The number of allylic oxidation sites excluding steroid dienone is 4. The summed E-state index contributed by atoms with van der Waals surface area (Å²) in [6, 6.07) is 0. The molecule has 0 aliphatic heterocycles. The first-order chi connectivity index (χ1) is 7.06. The van der Waals surface area contributed by atoms with Crippen molar-refractivity contribution >= 4 is 11.8 Å². The van der Waals surface area contributed by atoms with E-state index in [0.717, 1.165) is 5.57 Å². The summed E-state index contributed by atoms with van der Waals surface area (Å²) in [5.41, 5.74) is 1.14. The van der Waals surface area contributed by atoms with Crippen LogP contribution in [0.1, 0.15) is 20.8 Å². The van der Waals surface area contributed by atoms with Crippen LogP contribution in [0.15, 0.2) is 36.0 Å². The van der Waals surface area contributed by atoms with Crippen molar-refractivity contribution in [3.8, 4) is 0 Å². The fourth-order valence-corrected chi connectivity index (χ4v) is 0.860. The van der Waals surface area contributed by atoms with Crippen molar-refractivity contribution < 1.29 is 14.3 Å². The van der Waals surface area contributed by atoms with Crippen LogP contribution in [0.25, 0.3) is 0 Å². The van der Waals surface area contributed by atoms with Crippen LogP contribution in [-0.4, -0.2) is 18.4 Å². The molecule has 0 aromatic rings. The van der Waals surface area contributed by atoms with Gasteiger partial charge in [0.1, 0.15) is 0 Å². The van der Waals surface area contributed by atoms with E-state index in [-0.39, 0.29) is 12.2 Å². The lowest BCUT2D eigenvalue weighted by atomic mass is 10.1. The van der Waals surface area contributed by atoms with Crippen molar-refractivity contribution in [3.05, 3.63) is 36.0 Å². The summed E-state index contributed by atoms with van der Waals surface area (Å²) < 4.78 is 4.61. The number of ketones is 1. The van der Waals surface area contributed by atoms with E-state index in [0.29, 0.717) is 0 Å². The maximum atomic E-state index is 11.5. The molecule has 0 spiro atoms. The summed E-state index contributed by atoms with van der Waals surface area (Å²) in [4.78, 5) is 22.6. The highest BCUT2D eigenvalue weighted by Crippen LogP contribution is 2.05. The highest BCUT2D eigenvalue weighted by molar-refractivity contribution is 6.41. The molecule has 0 aliphatic rings. The first kappa shape index (κ1) is 13.4. The Morgan fingerprint density at radius 2 is 2.00 bits per heavy atom. The molecule has 3 heteroatoms. The Morgan fingerprint density at radius 3 is 2.40 bits per heavy atom. The summed E-state index contributed by atoms with van der Waals surface area (Å²) in [6.07, 6.45) is 4.79. The van der Waals surface area contributed by atoms with Gasteiger partial charge in [0.05, 0.1) is 6.61 Å². The number of rotatable bonds is 5. The van der Waals surface area contributed by atoms with Crippen LogP contribution >= 0.6 is 0 Å². The standard InChI is InChI=1S/C12H16O3/c1-5-9(4)8-10(6-2)11(13)12(14)15-7-3/h5-6,8H,2,7H2,1,3-4H3. The summed E-state index contributed by atoms with van der Waals surface area (Å²) in [6.45, 7) is 9.02. The molecule has 0 unspecified atom stereocenters. The quantitative estimate of drug-likeness (QED) is 0.301. The second-order valence-corrected chi connectivity index (χ2v) is 2.89. The Balaban J connectivity index is 4.84. The molecule has 0 saturated carbocycles. The number of ether oxygens (including phenoxy) is 1. The zero-order valence-electron chi connectivity index (χ0n) is 9.37. The van der Waals surface area contributed by atoms with E-state index in [2.05, 4.69) is 11.3 Å². The topological polar surface area (TPSA) is 43.4 Å². The van der Waals surface area contributed by atoms with E-state index < -0.39 is 11.8 Å². The van der Waals surface area contributed by atoms with Gasteiger partial charge in [0.25, 0.3) is 5.78 Å². The normalized spacial score (nSPS) is 12.2.